The van der Waals surface area contributed by atoms with Crippen LogP contribution in [-0.4, -0.2) is 16.2 Å². The molecule has 1 aromatic heterocycles. The third-order valence-electron chi connectivity index (χ3n) is 1.77. The van der Waals surface area contributed by atoms with Gasteiger partial charge in [-0.1, -0.05) is 15.9 Å². The molecule has 1 aromatic carbocycles. The summed E-state index contributed by atoms with van der Waals surface area (Å²) >= 11 is 3.18. The highest BCUT2D eigenvalue weighted by Crippen LogP contribution is 2.31. The normalized spacial score (nSPS) is 10.6. The van der Waals surface area contributed by atoms with E-state index in [0.29, 0.717) is 9.86 Å². The first-order valence-electron chi connectivity index (χ1n) is 3.73. The summed E-state index contributed by atoms with van der Waals surface area (Å²) < 4.78 is 5.61. The van der Waals surface area contributed by atoms with Crippen LogP contribution in [0.4, 0.5) is 0 Å². The van der Waals surface area contributed by atoms with E-state index in [1.54, 1.807) is 6.07 Å². The molecule has 0 aliphatic heterocycles. The molecule has 0 aliphatic carbocycles. The van der Waals surface area contributed by atoms with E-state index < -0.39 is 5.97 Å². The molecule has 1 heterocycles. The van der Waals surface area contributed by atoms with Crippen LogP contribution in [-0.2, 0) is 0 Å². The Morgan fingerprint density at radius 3 is 2.71 bits per heavy atom. The summed E-state index contributed by atoms with van der Waals surface area (Å²) in [7, 11) is 0. The molecule has 0 saturated carbocycles. The summed E-state index contributed by atoms with van der Waals surface area (Å²) in [5.41, 5.74) is 0.186. The van der Waals surface area contributed by atoms with Gasteiger partial charge >= 0.3 is 5.97 Å². The molecule has 2 rings (SSSR count). The second kappa shape index (κ2) is 3.02. The van der Waals surface area contributed by atoms with E-state index in [-0.39, 0.29) is 17.1 Å². The number of hydrogen-bond donors (Lipinski definition) is 2. The topological polar surface area (TPSA) is 70.7 Å². The van der Waals surface area contributed by atoms with Crippen LogP contribution < -0.4 is 0 Å². The van der Waals surface area contributed by atoms with Gasteiger partial charge in [0.25, 0.3) is 0 Å². The first kappa shape index (κ1) is 9.08. The number of phenols is 1. The van der Waals surface area contributed by atoms with Gasteiger partial charge in [-0.25, -0.2) is 4.79 Å². The second-order valence-corrected chi connectivity index (χ2v) is 3.67. The van der Waals surface area contributed by atoms with Crippen LogP contribution in [0.25, 0.3) is 11.0 Å². The van der Waals surface area contributed by atoms with Crippen molar-refractivity contribution in [2.45, 2.75) is 0 Å². The number of benzene rings is 1. The quantitative estimate of drug-likeness (QED) is 0.823. The number of aromatic carboxylic acids is 1. The van der Waals surface area contributed by atoms with Crippen molar-refractivity contribution in [2.75, 3.05) is 0 Å². The van der Waals surface area contributed by atoms with Crippen molar-refractivity contribution >= 4 is 32.9 Å². The molecule has 0 saturated heterocycles. The van der Waals surface area contributed by atoms with E-state index in [2.05, 4.69) is 15.9 Å². The zero-order chi connectivity index (χ0) is 10.3. The van der Waals surface area contributed by atoms with Crippen molar-refractivity contribution < 1.29 is 19.4 Å². The number of furan rings is 1. The fourth-order valence-electron chi connectivity index (χ4n) is 1.20. The van der Waals surface area contributed by atoms with Crippen molar-refractivity contribution in [1.29, 1.82) is 0 Å². The minimum Gasteiger partial charge on any atom is -0.504 e. The number of phenolic OH excluding ortho intramolecular Hbond substituents is 1. The Bertz CT molecular complexity index is 515. The highest BCUT2D eigenvalue weighted by atomic mass is 79.9. The number of aromatic hydroxyl groups is 1. The van der Waals surface area contributed by atoms with E-state index in [9.17, 15) is 9.90 Å². The van der Waals surface area contributed by atoms with Gasteiger partial charge in [0.2, 0.25) is 5.76 Å². The van der Waals surface area contributed by atoms with Crippen molar-refractivity contribution in [1.82, 2.24) is 0 Å². The van der Waals surface area contributed by atoms with Crippen LogP contribution >= 0.6 is 15.9 Å². The van der Waals surface area contributed by atoms with E-state index in [4.69, 9.17) is 9.52 Å². The number of halogens is 1. The average Bonchev–Trinajstić information content (AvgIpc) is 2.47. The van der Waals surface area contributed by atoms with Gasteiger partial charge in [-0.3, -0.25) is 0 Å². The SMILES string of the molecule is O=C(O)c1cc2cc(Br)cc(O)c2o1. The van der Waals surface area contributed by atoms with E-state index in [0.717, 1.165) is 0 Å². The molecule has 14 heavy (non-hydrogen) atoms. The van der Waals surface area contributed by atoms with Crippen molar-refractivity contribution in [3.05, 3.63) is 28.4 Å². The van der Waals surface area contributed by atoms with Gasteiger partial charge in [-0.15, -0.1) is 0 Å². The van der Waals surface area contributed by atoms with E-state index >= 15 is 0 Å². The molecule has 0 unspecified atom stereocenters. The molecule has 0 amide bonds. The standard InChI is InChI=1S/C9H5BrO4/c10-5-1-4-2-7(9(12)13)14-8(4)6(11)3-5/h1-3,11H,(H,12,13). The van der Waals surface area contributed by atoms with Gasteiger partial charge in [-0.2, -0.15) is 0 Å². The lowest BCUT2D eigenvalue weighted by atomic mass is 10.2. The Labute approximate surface area is 86.9 Å². The fourth-order valence-corrected chi connectivity index (χ4v) is 1.67. The molecular formula is C9H5BrO4. The smallest absolute Gasteiger partial charge is 0.371 e. The van der Waals surface area contributed by atoms with E-state index in [1.807, 2.05) is 0 Å². The molecule has 0 radical (unpaired) electrons. The monoisotopic (exact) mass is 256 g/mol. The summed E-state index contributed by atoms with van der Waals surface area (Å²) in [6, 6.07) is 4.48. The molecule has 72 valence electrons. The van der Waals surface area contributed by atoms with E-state index in [1.165, 1.54) is 12.1 Å². The lowest BCUT2D eigenvalue weighted by Crippen LogP contribution is -1.91. The second-order valence-electron chi connectivity index (χ2n) is 2.76. The van der Waals surface area contributed by atoms with Gasteiger partial charge in [0.05, 0.1) is 0 Å². The number of hydrogen-bond acceptors (Lipinski definition) is 3. The molecule has 0 aliphatic rings. The molecule has 2 N–H and O–H groups in total. The molecule has 5 heteroatoms. The highest BCUT2D eigenvalue weighted by molar-refractivity contribution is 9.10. The van der Waals surface area contributed by atoms with Gasteiger partial charge in [0, 0.05) is 9.86 Å². The zero-order valence-electron chi connectivity index (χ0n) is 6.82. The van der Waals surface area contributed by atoms with Gasteiger partial charge < -0.3 is 14.6 Å². The Hall–Kier alpha value is -1.49. The fraction of sp³-hybridized carbons (Fsp3) is 0. The molecule has 0 atom stereocenters. The maximum absolute atomic E-state index is 10.6. The molecule has 2 aromatic rings. The summed E-state index contributed by atoms with van der Waals surface area (Å²) in [5, 5.41) is 18.6. The number of fused-ring (bicyclic) bond motifs is 1. The Kier molecular flexibility index (Phi) is 1.96. The summed E-state index contributed by atoms with van der Waals surface area (Å²) in [4.78, 5) is 10.6. The van der Waals surface area contributed by atoms with Crippen molar-refractivity contribution in [2.24, 2.45) is 0 Å². The zero-order valence-corrected chi connectivity index (χ0v) is 8.41. The lowest BCUT2D eigenvalue weighted by Gasteiger charge is -1.93. The largest absolute Gasteiger partial charge is 0.504 e. The Balaban J connectivity index is 2.76. The summed E-state index contributed by atoms with van der Waals surface area (Å²) in [6.07, 6.45) is 0. The minimum absolute atomic E-state index is 0.0816. The average molecular weight is 257 g/mol. The van der Waals surface area contributed by atoms with Crippen LogP contribution in [0.3, 0.4) is 0 Å². The van der Waals surface area contributed by atoms with Crippen LogP contribution in [0.5, 0.6) is 5.75 Å². The maximum Gasteiger partial charge on any atom is 0.371 e. The lowest BCUT2D eigenvalue weighted by molar-refractivity contribution is 0.0665. The molecule has 0 fully saturated rings. The van der Waals surface area contributed by atoms with Crippen LogP contribution in [0.15, 0.2) is 27.1 Å². The highest BCUT2D eigenvalue weighted by Gasteiger charge is 2.13. The first-order valence-corrected chi connectivity index (χ1v) is 4.52. The van der Waals surface area contributed by atoms with Crippen LogP contribution in [0.1, 0.15) is 10.6 Å². The van der Waals surface area contributed by atoms with Crippen LogP contribution in [0.2, 0.25) is 0 Å². The maximum atomic E-state index is 10.6. The Morgan fingerprint density at radius 2 is 2.07 bits per heavy atom. The first-order chi connectivity index (χ1) is 6.58. The molecule has 4 nitrogen and oxygen atoms in total. The predicted molar refractivity (Wildman–Crippen MR) is 52.5 cm³/mol. The van der Waals surface area contributed by atoms with Gasteiger partial charge in [-0.05, 0) is 18.2 Å². The number of carboxylic acids is 1. The predicted octanol–water partition coefficient (Wildman–Crippen LogP) is 2.60. The van der Waals surface area contributed by atoms with Gasteiger partial charge in [0.15, 0.2) is 11.3 Å². The third-order valence-corrected chi connectivity index (χ3v) is 2.23. The van der Waals surface area contributed by atoms with Crippen molar-refractivity contribution in [3.8, 4) is 5.75 Å². The summed E-state index contributed by atoms with van der Waals surface area (Å²) in [5.74, 6) is -1.42. The summed E-state index contributed by atoms with van der Waals surface area (Å²) in [6.45, 7) is 0. The third kappa shape index (κ3) is 1.35. The Morgan fingerprint density at radius 1 is 1.36 bits per heavy atom. The minimum atomic E-state index is -1.16. The molecule has 0 spiro atoms. The van der Waals surface area contributed by atoms with Crippen molar-refractivity contribution in [3.63, 3.8) is 0 Å². The van der Waals surface area contributed by atoms with Crippen LogP contribution in [0, 0.1) is 0 Å². The number of carboxylic acid groups (broad SMARTS) is 1. The van der Waals surface area contributed by atoms with Gasteiger partial charge in [0.1, 0.15) is 0 Å². The molecular weight excluding hydrogens is 252 g/mol. The number of rotatable bonds is 1. The number of carbonyl (C=O) groups is 1. The molecule has 0 bridgehead atoms.